The predicted molar refractivity (Wildman–Crippen MR) is 87.5 cm³/mol. The molecule has 0 unspecified atom stereocenters. The molecule has 134 valence electrons. The van der Waals surface area contributed by atoms with E-state index in [4.69, 9.17) is 9.84 Å². The van der Waals surface area contributed by atoms with Gasteiger partial charge in [-0.15, -0.1) is 24.8 Å². The van der Waals surface area contributed by atoms with Gasteiger partial charge >= 0.3 is 11.9 Å². The van der Waals surface area contributed by atoms with Crippen LogP contribution >= 0.6 is 24.8 Å². The van der Waals surface area contributed by atoms with Crippen molar-refractivity contribution in [3.05, 3.63) is 0 Å². The second-order valence-electron chi connectivity index (χ2n) is 4.74. The average Bonchev–Trinajstić information content (AvgIpc) is 2.47. The molecule has 0 aliphatic carbocycles. The lowest BCUT2D eigenvalue weighted by Gasteiger charge is -2.24. The first kappa shape index (κ1) is 26.3. The van der Waals surface area contributed by atoms with E-state index in [-0.39, 0.29) is 69.4 Å². The molecule has 0 heterocycles. The SMILES string of the molecule is CCC(O)(CC)COC(=O)CCCCC(=O)OCCO.Cl.Cl. The number of carbonyl (C=O) groups excluding carboxylic acids is 2. The standard InChI is InChI=1S/C14H26O6.2ClH/c1-3-14(18,4-2)11-20-13(17)8-6-5-7-12(16)19-10-9-15;;/h15,18H,3-11H2,1-2H3;2*1H. The fraction of sp³-hybridized carbons (Fsp3) is 0.857. The molecule has 0 fully saturated rings. The van der Waals surface area contributed by atoms with Gasteiger partial charge in [-0.3, -0.25) is 9.59 Å². The third-order valence-corrected chi connectivity index (χ3v) is 3.18. The Bertz CT molecular complexity index is 295. The van der Waals surface area contributed by atoms with Crippen LogP contribution < -0.4 is 0 Å². The van der Waals surface area contributed by atoms with Crippen LogP contribution in [0.5, 0.6) is 0 Å². The quantitative estimate of drug-likeness (QED) is 0.431. The van der Waals surface area contributed by atoms with Crippen LogP contribution in [0.3, 0.4) is 0 Å². The molecule has 0 amide bonds. The van der Waals surface area contributed by atoms with Crippen molar-refractivity contribution in [3.8, 4) is 0 Å². The highest BCUT2D eigenvalue weighted by Crippen LogP contribution is 2.15. The summed E-state index contributed by atoms with van der Waals surface area (Å²) in [5, 5.41) is 18.4. The Morgan fingerprint density at radius 2 is 1.41 bits per heavy atom. The van der Waals surface area contributed by atoms with Crippen LogP contribution in [0.15, 0.2) is 0 Å². The van der Waals surface area contributed by atoms with Gasteiger partial charge in [0.05, 0.1) is 12.2 Å². The van der Waals surface area contributed by atoms with Gasteiger partial charge in [0.1, 0.15) is 13.2 Å². The number of aliphatic hydroxyl groups is 2. The summed E-state index contributed by atoms with van der Waals surface area (Å²) in [7, 11) is 0. The molecule has 22 heavy (non-hydrogen) atoms. The summed E-state index contributed by atoms with van der Waals surface area (Å²) in [6.07, 6.45) is 2.58. The molecular weight excluding hydrogens is 335 g/mol. The lowest BCUT2D eigenvalue weighted by Crippen LogP contribution is -2.34. The normalized spacial score (nSPS) is 10.2. The van der Waals surface area contributed by atoms with Gasteiger partial charge in [-0.1, -0.05) is 13.8 Å². The van der Waals surface area contributed by atoms with Crippen molar-refractivity contribution in [2.24, 2.45) is 0 Å². The lowest BCUT2D eigenvalue weighted by atomic mass is 9.99. The van der Waals surface area contributed by atoms with Gasteiger partial charge in [-0.05, 0) is 25.7 Å². The average molecular weight is 363 g/mol. The van der Waals surface area contributed by atoms with Crippen LogP contribution in [-0.2, 0) is 19.1 Å². The Morgan fingerprint density at radius 3 is 1.82 bits per heavy atom. The molecule has 0 rings (SSSR count). The van der Waals surface area contributed by atoms with E-state index in [1.807, 2.05) is 13.8 Å². The highest BCUT2D eigenvalue weighted by Gasteiger charge is 2.24. The Morgan fingerprint density at radius 1 is 0.955 bits per heavy atom. The third-order valence-electron chi connectivity index (χ3n) is 3.18. The fourth-order valence-electron chi connectivity index (χ4n) is 1.51. The summed E-state index contributed by atoms with van der Waals surface area (Å²) in [5.74, 6) is -0.743. The largest absolute Gasteiger partial charge is 0.463 e. The van der Waals surface area contributed by atoms with E-state index in [0.29, 0.717) is 25.7 Å². The number of halogens is 2. The van der Waals surface area contributed by atoms with Gasteiger partial charge in [0.15, 0.2) is 0 Å². The topological polar surface area (TPSA) is 93.1 Å². The van der Waals surface area contributed by atoms with Gasteiger partial charge in [0.2, 0.25) is 0 Å². The maximum atomic E-state index is 11.5. The minimum atomic E-state index is -0.941. The first-order chi connectivity index (χ1) is 9.47. The van der Waals surface area contributed by atoms with Gasteiger partial charge in [-0.2, -0.15) is 0 Å². The van der Waals surface area contributed by atoms with Crippen molar-refractivity contribution in [1.82, 2.24) is 0 Å². The Kier molecular flexibility index (Phi) is 18.4. The summed E-state index contributed by atoms with van der Waals surface area (Å²) < 4.78 is 9.70. The number of aliphatic hydroxyl groups excluding tert-OH is 1. The van der Waals surface area contributed by atoms with E-state index in [0.717, 1.165) is 0 Å². The number of unbranched alkanes of at least 4 members (excludes halogenated alkanes) is 1. The monoisotopic (exact) mass is 362 g/mol. The number of hydrogen-bond acceptors (Lipinski definition) is 6. The Labute approximate surface area is 144 Å². The molecule has 0 aliphatic rings. The molecule has 0 aromatic heterocycles. The summed E-state index contributed by atoms with van der Waals surface area (Å²) in [6, 6.07) is 0. The molecule has 6 nitrogen and oxygen atoms in total. The Hall–Kier alpha value is -0.560. The molecule has 0 saturated heterocycles. The van der Waals surface area contributed by atoms with Crippen LogP contribution in [0.2, 0.25) is 0 Å². The van der Waals surface area contributed by atoms with E-state index in [2.05, 4.69) is 4.74 Å². The van der Waals surface area contributed by atoms with E-state index >= 15 is 0 Å². The Balaban J connectivity index is -0.00000180. The number of hydrogen-bond donors (Lipinski definition) is 2. The summed E-state index contributed by atoms with van der Waals surface area (Å²) in [4.78, 5) is 22.6. The summed E-state index contributed by atoms with van der Waals surface area (Å²) in [5.41, 5.74) is -0.941. The summed E-state index contributed by atoms with van der Waals surface area (Å²) >= 11 is 0. The zero-order valence-electron chi connectivity index (χ0n) is 13.2. The maximum Gasteiger partial charge on any atom is 0.305 e. The molecular formula is C14H28Cl2O6. The zero-order valence-corrected chi connectivity index (χ0v) is 14.8. The van der Waals surface area contributed by atoms with Crippen LogP contribution in [-0.4, -0.2) is 47.6 Å². The predicted octanol–water partition coefficient (Wildman–Crippen LogP) is 2.02. The minimum absolute atomic E-state index is 0. The van der Waals surface area contributed by atoms with Crippen LogP contribution in [0.1, 0.15) is 52.4 Å². The minimum Gasteiger partial charge on any atom is -0.463 e. The van der Waals surface area contributed by atoms with Gasteiger partial charge in [0.25, 0.3) is 0 Å². The third kappa shape index (κ3) is 13.1. The molecule has 0 aliphatic heterocycles. The zero-order chi connectivity index (χ0) is 15.4. The maximum absolute atomic E-state index is 11.5. The van der Waals surface area contributed by atoms with Gasteiger partial charge < -0.3 is 19.7 Å². The summed E-state index contributed by atoms with van der Waals surface area (Å²) in [6.45, 7) is 3.52. The second kappa shape index (κ2) is 15.3. The van der Waals surface area contributed by atoms with Crippen molar-refractivity contribution in [3.63, 3.8) is 0 Å². The van der Waals surface area contributed by atoms with Gasteiger partial charge in [-0.25, -0.2) is 0 Å². The van der Waals surface area contributed by atoms with Crippen LogP contribution in [0.4, 0.5) is 0 Å². The van der Waals surface area contributed by atoms with Crippen molar-refractivity contribution in [2.75, 3.05) is 19.8 Å². The highest BCUT2D eigenvalue weighted by molar-refractivity contribution is 5.85. The molecule has 0 spiro atoms. The molecule has 0 atom stereocenters. The first-order valence-corrected chi connectivity index (χ1v) is 7.12. The molecule has 0 bridgehead atoms. The van der Waals surface area contributed by atoms with Crippen molar-refractivity contribution >= 4 is 36.8 Å². The molecule has 0 saturated carbocycles. The van der Waals surface area contributed by atoms with Crippen molar-refractivity contribution in [2.45, 2.75) is 58.0 Å². The van der Waals surface area contributed by atoms with E-state index in [9.17, 15) is 14.7 Å². The molecule has 0 radical (unpaired) electrons. The lowest BCUT2D eigenvalue weighted by molar-refractivity contribution is -0.152. The molecule has 8 heteroatoms. The fourth-order valence-corrected chi connectivity index (χ4v) is 1.51. The smallest absolute Gasteiger partial charge is 0.305 e. The first-order valence-electron chi connectivity index (χ1n) is 7.12. The van der Waals surface area contributed by atoms with Crippen molar-refractivity contribution < 1.29 is 29.3 Å². The molecule has 0 aromatic carbocycles. The van der Waals surface area contributed by atoms with E-state index in [1.165, 1.54) is 0 Å². The van der Waals surface area contributed by atoms with E-state index in [1.54, 1.807) is 0 Å². The molecule has 2 N–H and O–H groups in total. The van der Waals surface area contributed by atoms with Crippen LogP contribution in [0, 0.1) is 0 Å². The molecule has 0 aromatic rings. The van der Waals surface area contributed by atoms with E-state index < -0.39 is 5.60 Å². The van der Waals surface area contributed by atoms with Gasteiger partial charge in [0, 0.05) is 12.8 Å². The van der Waals surface area contributed by atoms with Crippen molar-refractivity contribution in [1.29, 1.82) is 0 Å². The number of ether oxygens (including phenoxy) is 2. The number of carbonyl (C=O) groups is 2. The number of rotatable bonds is 11. The number of esters is 2. The highest BCUT2D eigenvalue weighted by atomic mass is 35.5. The van der Waals surface area contributed by atoms with Crippen LogP contribution in [0.25, 0.3) is 0 Å². The second-order valence-corrected chi connectivity index (χ2v) is 4.74.